The van der Waals surface area contributed by atoms with Crippen molar-refractivity contribution in [1.82, 2.24) is 0 Å². The van der Waals surface area contributed by atoms with Crippen molar-refractivity contribution in [1.29, 1.82) is 0 Å². The molecular formula is C23H30N2O2. The van der Waals surface area contributed by atoms with Crippen molar-refractivity contribution >= 4 is 23.2 Å². The Morgan fingerprint density at radius 1 is 0.778 bits per heavy atom. The Bertz CT molecular complexity index is 750. The fourth-order valence-corrected chi connectivity index (χ4v) is 6.04. The SMILES string of the molecule is Cc1ccc(NC(=O)C2[C@H]3CCCC[C@H]23)cc1NC(=O)C1[C@H]2CCCC[C@@H]12. The summed E-state index contributed by atoms with van der Waals surface area (Å²) in [4.78, 5) is 25.4. The second kappa shape index (κ2) is 6.65. The number of hydrogen-bond donors (Lipinski definition) is 2. The quantitative estimate of drug-likeness (QED) is 0.808. The van der Waals surface area contributed by atoms with Gasteiger partial charge in [-0.3, -0.25) is 9.59 Å². The van der Waals surface area contributed by atoms with Crippen molar-refractivity contribution in [2.45, 2.75) is 58.3 Å². The van der Waals surface area contributed by atoms with Crippen molar-refractivity contribution < 1.29 is 9.59 Å². The van der Waals surface area contributed by atoms with Crippen LogP contribution in [0.2, 0.25) is 0 Å². The second-order valence-electron chi connectivity index (χ2n) is 9.28. The summed E-state index contributed by atoms with van der Waals surface area (Å²) in [5.41, 5.74) is 2.69. The first-order valence-corrected chi connectivity index (χ1v) is 10.9. The summed E-state index contributed by atoms with van der Waals surface area (Å²) < 4.78 is 0. The Balaban J connectivity index is 1.23. The summed E-state index contributed by atoms with van der Waals surface area (Å²) >= 11 is 0. The average molecular weight is 367 g/mol. The van der Waals surface area contributed by atoms with Gasteiger partial charge in [0, 0.05) is 23.2 Å². The van der Waals surface area contributed by atoms with E-state index in [-0.39, 0.29) is 23.7 Å². The molecule has 5 rings (SSSR count). The van der Waals surface area contributed by atoms with Crippen LogP contribution in [0.5, 0.6) is 0 Å². The maximum atomic E-state index is 12.7. The summed E-state index contributed by atoms with van der Waals surface area (Å²) in [5.74, 6) is 3.21. The van der Waals surface area contributed by atoms with Crippen molar-refractivity contribution in [2.24, 2.45) is 35.5 Å². The van der Waals surface area contributed by atoms with E-state index in [0.717, 1.165) is 16.9 Å². The van der Waals surface area contributed by atoms with Crippen LogP contribution in [0.15, 0.2) is 18.2 Å². The molecule has 4 aliphatic carbocycles. The Hall–Kier alpha value is -1.84. The van der Waals surface area contributed by atoms with E-state index in [1.165, 1.54) is 51.4 Å². The molecule has 0 heterocycles. The van der Waals surface area contributed by atoms with Crippen molar-refractivity contribution in [3.63, 3.8) is 0 Å². The molecule has 0 aliphatic heterocycles. The van der Waals surface area contributed by atoms with Gasteiger partial charge in [-0.2, -0.15) is 0 Å². The number of rotatable bonds is 4. The lowest BCUT2D eigenvalue weighted by molar-refractivity contribution is -0.118. The summed E-state index contributed by atoms with van der Waals surface area (Å²) in [5, 5.41) is 6.25. The molecule has 4 saturated carbocycles. The van der Waals surface area contributed by atoms with E-state index < -0.39 is 0 Å². The van der Waals surface area contributed by atoms with Gasteiger partial charge in [0.25, 0.3) is 0 Å². The molecule has 1 unspecified atom stereocenters. The molecule has 27 heavy (non-hydrogen) atoms. The Morgan fingerprint density at radius 3 is 1.78 bits per heavy atom. The first-order valence-electron chi connectivity index (χ1n) is 10.9. The number of carbonyl (C=O) groups is 2. The largest absolute Gasteiger partial charge is 0.326 e. The van der Waals surface area contributed by atoms with Gasteiger partial charge in [0.05, 0.1) is 0 Å². The van der Waals surface area contributed by atoms with Crippen LogP contribution in [0.1, 0.15) is 56.9 Å². The predicted molar refractivity (Wildman–Crippen MR) is 106 cm³/mol. The fraction of sp³-hybridized carbons (Fsp3) is 0.652. The zero-order valence-corrected chi connectivity index (χ0v) is 16.2. The zero-order chi connectivity index (χ0) is 18.5. The van der Waals surface area contributed by atoms with E-state index in [1.54, 1.807) is 0 Å². The highest BCUT2D eigenvalue weighted by molar-refractivity contribution is 5.98. The minimum Gasteiger partial charge on any atom is -0.326 e. The maximum absolute atomic E-state index is 12.7. The first kappa shape index (κ1) is 17.3. The fourth-order valence-electron chi connectivity index (χ4n) is 6.04. The Labute approximate surface area is 161 Å². The molecule has 0 bridgehead atoms. The summed E-state index contributed by atoms with van der Waals surface area (Å²) in [6.07, 6.45) is 9.93. The van der Waals surface area contributed by atoms with Crippen LogP contribution in [-0.4, -0.2) is 11.8 Å². The van der Waals surface area contributed by atoms with E-state index >= 15 is 0 Å². The van der Waals surface area contributed by atoms with Gasteiger partial charge in [0.1, 0.15) is 0 Å². The molecule has 1 aromatic rings. The molecule has 1 aromatic carbocycles. The minimum atomic E-state index is 0.168. The molecule has 4 aliphatic rings. The van der Waals surface area contributed by atoms with Crippen LogP contribution in [0.3, 0.4) is 0 Å². The third-order valence-corrected chi connectivity index (χ3v) is 7.68. The van der Waals surface area contributed by atoms with Gasteiger partial charge in [0.2, 0.25) is 11.8 Å². The summed E-state index contributed by atoms with van der Waals surface area (Å²) in [7, 11) is 0. The lowest BCUT2D eigenvalue weighted by Crippen LogP contribution is -2.18. The van der Waals surface area contributed by atoms with E-state index in [2.05, 4.69) is 10.6 Å². The molecule has 4 fully saturated rings. The number of fused-ring (bicyclic) bond motifs is 2. The van der Waals surface area contributed by atoms with Crippen LogP contribution in [0.4, 0.5) is 11.4 Å². The van der Waals surface area contributed by atoms with E-state index in [4.69, 9.17) is 0 Å². The zero-order valence-electron chi connectivity index (χ0n) is 16.2. The van der Waals surface area contributed by atoms with Gasteiger partial charge < -0.3 is 10.6 Å². The highest BCUT2D eigenvalue weighted by Gasteiger charge is 2.55. The minimum absolute atomic E-state index is 0.168. The van der Waals surface area contributed by atoms with Gasteiger partial charge >= 0.3 is 0 Å². The van der Waals surface area contributed by atoms with Gasteiger partial charge in [0.15, 0.2) is 0 Å². The highest BCUT2D eigenvalue weighted by atomic mass is 16.2. The molecule has 4 heteroatoms. The van der Waals surface area contributed by atoms with Crippen LogP contribution in [0, 0.1) is 42.4 Å². The van der Waals surface area contributed by atoms with Crippen molar-refractivity contribution in [3.8, 4) is 0 Å². The van der Waals surface area contributed by atoms with Crippen molar-refractivity contribution in [3.05, 3.63) is 23.8 Å². The number of hydrogen-bond acceptors (Lipinski definition) is 2. The maximum Gasteiger partial charge on any atom is 0.228 e. The molecule has 0 aromatic heterocycles. The molecular weight excluding hydrogens is 336 g/mol. The van der Waals surface area contributed by atoms with Gasteiger partial charge in [-0.05, 0) is 74.0 Å². The molecule has 5 atom stereocenters. The van der Waals surface area contributed by atoms with E-state index in [0.29, 0.717) is 23.7 Å². The molecule has 0 radical (unpaired) electrons. The highest BCUT2D eigenvalue weighted by Crippen LogP contribution is 2.56. The van der Waals surface area contributed by atoms with E-state index in [9.17, 15) is 9.59 Å². The van der Waals surface area contributed by atoms with Crippen LogP contribution in [0.25, 0.3) is 0 Å². The summed E-state index contributed by atoms with van der Waals surface area (Å²) in [6.45, 7) is 2.01. The molecule has 2 N–H and O–H groups in total. The lowest BCUT2D eigenvalue weighted by atomic mass is 10.0. The first-order chi connectivity index (χ1) is 13.1. The number of anilines is 2. The van der Waals surface area contributed by atoms with Crippen LogP contribution in [-0.2, 0) is 9.59 Å². The van der Waals surface area contributed by atoms with Gasteiger partial charge in [-0.15, -0.1) is 0 Å². The number of amides is 2. The third kappa shape index (κ3) is 3.17. The predicted octanol–water partition coefficient (Wildman–Crippen LogP) is 4.74. The molecule has 2 amide bonds. The smallest absolute Gasteiger partial charge is 0.228 e. The standard InChI is InChI=1S/C23H30N2O2/c1-13-10-11-14(24-22(26)20-15-6-2-3-7-16(15)20)12-19(13)25-23(27)21-17-8-4-5-9-18(17)21/h10-12,15-18,20-21H,2-9H2,1H3,(H,24,26)(H,25,27)/t15-,16-,17-,18+,21?/m0/s1. The van der Waals surface area contributed by atoms with Crippen LogP contribution >= 0.6 is 0 Å². The van der Waals surface area contributed by atoms with Gasteiger partial charge in [-0.25, -0.2) is 0 Å². The molecule has 0 saturated heterocycles. The van der Waals surface area contributed by atoms with E-state index in [1.807, 2.05) is 25.1 Å². The summed E-state index contributed by atoms with van der Waals surface area (Å²) in [6, 6.07) is 5.88. The Morgan fingerprint density at radius 2 is 1.26 bits per heavy atom. The monoisotopic (exact) mass is 366 g/mol. The average Bonchev–Trinajstić information content (AvgIpc) is 3.56. The second-order valence-corrected chi connectivity index (χ2v) is 9.28. The number of aryl methyl sites for hydroxylation is 1. The van der Waals surface area contributed by atoms with Crippen molar-refractivity contribution in [2.75, 3.05) is 10.6 Å². The normalized spacial score (nSPS) is 36.2. The molecule has 0 spiro atoms. The number of nitrogens with one attached hydrogen (secondary N) is 2. The molecule has 4 nitrogen and oxygen atoms in total. The topological polar surface area (TPSA) is 58.2 Å². The molecule has 144 valence electrons. The van der Waals surface area contributed by atoms with Crippen LogP contribution < -0.4 is 10.6 Å². The number of carbonyl (C=O) groups excluding carboxylic acids is 2. The van der Waals surface area contributed by atoms with Gasteiger partial charge in [-0.1, -0.05) is 31.7 Å². The third-order valence-electron chi connectivity index (χ3n) is 7.68. The lowest BCUT2D eigenvalue weighted by Gasteiger charge is -2.12. The number of benzene rings is 1. The Kier molecular flexibility index (Phi) is 4.25.